The fraction of sp³-hybridized carbons (Fsp3) is 0.417. The molecule has 5 rings (SSSR count). The zero-order valence-electron chi connectivity index (χ0n) is 25.8. The van der Waals surface area contributed by atoms with Crippen LogP contribution in [-0.2, 0) is 31.2 Å². The Labute approximate surface area is 250 Å². The summed E-state index contributed by atoms with van der Waals surface area (Å²) in [4.78, 5) is 15.8. The highest BCUT2D eigenvalue weighted by molar-refractivity contribution is 5.94. The lowest BCUT2D eigenvalue weighted by Crippen LogP contribution is -2.31. The van der Waals surface area contributed by atoms with Crippen LogP contribution >= 0.6 is 0 Å². The van der Waals surface area contributed by atoms with Gasteiger partial charge in [0.05, 0.1) is 13.2 Å². The second-order valence-electron chi connectivity index (χ2n) is 12.1. The van der Waals surface area contributed by atoms with E-state index in [1.807, 2.05) is 18.2 Å². The number of ether oxygens (including phenoxy) is 2. The Hall–Kier alpha value is -3.61. The molecule has 6 nitrogen and oxygen atoms in total. The molecular weight excluding hydrogens is 522 g/mol. The van der Waals surface area contributed by atoms with Gasteiger partial charge in [-0.05, 0) is 78.3 Å². The van der Waals surface area contributed by atoms with Crippen LogP contribution in [-0.4, -0.2) is 54.8 Å². The van der Waals surface area contributed by atoms with E-state index in [1.165, 1.54) is 38.9 Å². The van der Waals surface area contributed by atoms with Crippen LogP contribution in [0.4, 0.5) is 0 Å². The predicted molar refractivity (Wildman–Crippen MR) is 171 cm³/mol. The fourth-order valence-corrected chi connectivity index (χ4v) is 6.04. The number of hydrogen-bond acceptors (Lipinski definition) is 4. The van der Waals surface area contributed by atoms with Crippen molar-refractivity contribution in [1.29, 1.82) is 0 Å². The first-order chi connectivity index (χ1) is 20.3. The average molecular weight is 568 g/mol. The van der Waals surface area contributed by atoms with Crippen LogP contribution in [0.15, 0.2) is 60.7 Å². The number of rotatable bonds is 6. The number of aromatic nitrogens is 1. The maximum Gasteiger partial charge on any atom is 0.251 e. The summed E-state index contributed by atoms with van der Waals surface area (Å²) >= 11 is 0. The Kier molecular flexibility index (Phi) is 9.65. The van der Waals surface area contributed by atoms with Gasteiger partial charge in [-0.2, -0.15) is 0 Å². The monoisotopic (exact) mass is 567 g/mol. The van der Waals surface area contributed by atoms with Gasteiger partial charge in [-0.25, -0.2) is 0 Å². The Bertz CT molecular complexity index is 1540. The van der Waals surface area contributed by atoms with Crippen LogP contribution in [0.3, 0.4) is 0 Å². The third-order valence-corrected chi connectivity index (χ3v) is 8.22. The third-order valence-electron chi connectivity index (χ3n) is 8.22. The highest BCUT2D eigenvalue weighted by Crippen LogP contribution is 2.27. The van der Waals surface area contributed by atoms with Gasteiger partial charge in [-0.1, -0.05) is 50.2 Å². The molecule has 0 saturated carbocycles. The van der Waals surface area contributed by atoms with Gasteiger partial charge < -0.3 is 19.4 Å². The SMILES string of the molecule is Cc1ccc2c(CCNC(=O)c3ccc4c(c3)Cc3cccc(c3)CN(CC(C)C)CCOCCO4)c(C)n(C)c2c1. The summed E-state index contributed by atoms with van der Waals surface area (Å²) in [5.74, 6) is 1.33. The number of carbonyl (C=O) groups is 1. The quantitative estimate of drug-likeness (QED) is 0.300. The van der Waals surface area contributed by atoms with Gasteiger partial charge in [0.1, 0.15) is 12.4 Å². The van der Waals surface area contributed by atoms with Crippen molar-refractivity contribution in [2.24, 2.45) is 13.0 Å². The molecular formula is C36H45N3O3. The maximum absolute atomic E-state index is 13.3. The predicted octanol–water partition coefficient (Wildman–Crippen LogP) is 6.23. The number of carbonyl (C=O) groups excluding carboxylic acids is 1. The van der Waals surface area contributed by atoms with Crippen molar-refractivity contribution in [1.82, 2.24) is 14.8 Å². The minimum Gasteiger partial charge on any atom is -0.491 e. The molecule has 42 heavy (non-hydrogen) atoms. The lowest BCUT2D eigenvalue weighted by Gasteiger charge is -2.25. The Morgan fingerprint density at radius 2 is 1.81 bits per heavy atom. The second-order valence-corrected chi connectivity index (χ2v) is 12.1. The third kappa shape index (κ3) is 7.23. The maximum atomic E-state index is 13.3. The molecule has 1 aliphatic rings. The van der Waals surface area contributed by atoms with Crippen LogP contribution in [0.25, 0.3) is 10.9 Å². The van der Waals surface area contributed by atoms with E-state index in [4.69, 9.17) is 9.47 Å². The molecule has 2 heterocycles. The fourth-order valence-electron chi connectivity index (χ4n) is 6.04. The van der Waals surface area contributed by atoms with Gasteiger partial charge in [0.15, 0.2) is 0 Å². The normalized spacial score (nSPS) is 14.8. The molecule has 1 aromatic heterocycles. The van der Waals surface area contributed by atoms with Crippen LogP contribution in [0.1, 0.15) is 57.7 Å². The van der Waals surface area contributed by atoms with E-state index in [0.717, 1.165) is 37.4 Å². The molecule has 2 bridgehead atoms. The first-order valence-electron chi connectivity index (χ1n) is 15.2. The summed E-state index contributed by atoms with van der Waals surface area (Å²) in [6.07, 6.45) is 1.48. The van der Waals surface area contributed by atoms with E-state index < -0.39 is 0 Å². The number of hydrogen-bond donors (Lipinski definition) is 1. The Morgan fingerprint density at radius 1 is 0.976 bits per heavy atom. The largest absolute Gasteiger partial charge is 0.491 e. The summed E-state index contributed by atoms with van der Waals surface area (Å²) in [5, 5.41) is 4.42. The summed E-state index contributed by atoms with van der Waals surface area (Å²) in [7, 11) is 2.11. The summed E-state index contributed by atoms with van der Waals surface area (Å²) in [6.45, 7) is 13.9. The summed E-state index contributed by atoms with van der Waals surface area (Å²) in [6, 6.07) is 21.1. The van der Waals surface area contributed by atoms with Gasteiger partial charge >= 0.3 is 0 Å². The molecule has 1 amide bonds. The lowest BCUT2D eigenvalue weighted by atomic mass is 9.99. The Morgan fingerprint density at radius 3 is 2.64 bits per heavy atom. The topological polar surface area (TPSA) is 55.7 Å². The number of amides is 1. The molecule has 6 heteroatoms. The smallest absolute Gasteiger partial charge is 0.251 e. The van der Waals surface area contributed by atoms with Crippen molar-refractivity contribution in [3.63, 3.8) is 0 Å². The minimum atomic E-state index is -0.0626. The van der Waals surface area contributed by atoms with Crippen molar-refractivity contribution in [2.45, 2.75) is 47.1 Å². The zero-order valence-corrected chi connectivity index (χ0v) is 25.8. The van der Waals surface area contributed by atoms with Crippen LogP contribution < -0.4 is 10.1 Å². The van der Waals surface area contributed by atoms with E-state index in [-0.39, 0.29) is 5.91 Å². The summed E-state index contributed by atoms with van der Waals surface area (Å²) < 4.78 is 14.3. The number of nitrogens with one attached hydrogen (secondary N) is 1. The van der Waals surface area contributed by atoms with Crippen molar-refractivity contribution < 1.29 is 14.3 Å². The molecule has 0 unspecified atom stereocenters. The van der Waals surface area contributed by atoms with Crippen molar-refractivity contribution in [3.05, 3.63) is 99.7 Å². The standard InChI is InChI=1S/C36H45N3O3/c1-25(2)23-39-15-16-41-17-18-42-35-12-10-30(22-31(35)21-28-7-6-8-29(20-28)24-39)36(40)37-14-13-32-27(4)38(5)34-19-26(3)9-11-33(32)34/h6-12,19-20,22,25H,13-18,21,23-24H2,1-5H3,(H,37,40). The summed E-state index contributed by atoms with van der Waals surface area (Å²) in [5.41, 5.74) is 9.19. The highest BCUT2D eigenvalue weighted by atomic mass is 16.5. The number of fused-ring (bicyclic) bond motifs is 4. The van der Waals surface area contributed by atoms with E-state index in [2.05, 4.69) is 92.0 Å². The van der Waals surface area contributed by atoms with Crippen molar-refractivity contribution in [2.75, 3.05) is 39.5 Å². The number of aryl methyl sites for hydroxylation is 2. The van der Waals surface area contributed by atoms with E-state index in [0.29, 0.717) is 44.3 Å². The molecule has 0 saturated heterocycles. The number of benzene rings is 3. The molecule has 1 N–H and O–H groups in total. The second kappa shape index (κ2) is 13.6. The molecule has 222 valence electrons. The van der Waals surface area contributed by atoms with Crippen LogP contribution in [0.5, 0.6) is 5.75 Å². The van der Waals surface area contributed by atoms with Gasteiger partial charge in [0.25, 0.3) is 5.91 Å². The number of nitrogens with zero attached hydrogens (tertiary/aromatic N) is 2. The van der Waals surface area contributed by atoms with Gasteiger partial charge in [-0.3, -0.25) is 9.69 Å². The van der Waals surface area contributed by atoms with Crippen molar-refractivity contribution >= 4 is 16.8 Å². The molecule has 3 aromatic carbocycles. The lowest BCUT2D eigenvalue weighted by molar-refractivity contribution is 0.0746. The molecule has 1 aliphatic heterocycles. The molecule has 4 aromatic rings. The van der Waals surface area contributed by atoms with E-state index in [9.17, 15) is 4.79 Å². The average Bonchev–Trinajstić information content (AvgIpc) is 3.19. The van der Waals surface area contributed by atoms with Gasteiger partial charge in [0.2, 0.25) is 0 Å². The van der Waals surface area contributed by atoms with E-state index >= 15 is 0 Å². The first kappa shape index (κ1) is 29.9. The highest BCUT2D eigenvalue weighted by Gasteiger charge is 2.16. The molecule has 0 spiro atoms. The molecule has 0 atom stereocenters. The minimum absolute atomic E-state index is 0.0626. The van der Waals surface area contributed by atoms with Crippen LogP contribution in [0.2, 0.25) is 0 Å². The first-order valence-corrected chi connectivity index (χ1v) is 15.2. The Balaban J connectivity index is 1.31. The molecule has 0 fully saturated rings. The molecule has 0 aliphatic carbocycles. The molecule has 0 radical (unpaired) electrons. The van der Waals surface area contributed by atoms with Crippen molar-refractivity contribution in [3.8, 4) is 5.75 Å². The van der Waals surface area contributed by atoms with Gasteiger partial charge in [-0.15, -0.1) is 0 Å². The van der Waals surface area contributed by atoms with Crippen LogP contribution in [0, 0.1) is 19.8 Å². The zero-order chi connectivity index (χ0) is 29.6. The van der Waals surface area contributed by atoms with E-state index in [1.54, 1.807) is 0 Å². The van der Waals surface area contributed by atoms with Gasteiger partial charge in [0, 0.05) is 61.8 Å².